The zero-order chi connectivity index (χ0) is 21.6. The molecule has 4 rings (SSSR count). The molecule has 0 aromatic heterocycles. The van der Waals surface area contributed by atoms with Crippen molar-refractivity contribution in [1.82, 2.24) is 0 Å². The zero-order valence-corrected chi connectivity index (χ0v) is 17.6. The van der Waals surface area contributed by atoms with Gasteiger partial charge in [0.15, 0.2) is 5.71 Å². The molecule has 2 aromatic rings. The van der Waals surface area contributed by atoms with Gasteiger partial charge in [-0.15, -0.1) is 0 Å². The minimum absolute atomic E-state index is 0.112. The van der Waals surface area contributed by atoms with Crippen LogP contribution in [0.3, 0.4) is 0 Å². The van der Waals surface area contributed by atoms with Crippen LogP contribution in [0.1, 0.15) is 12.5 Å². The number of anilines is 2. The fraction of sp³-hybridized carbons (Fsp3) is 0.238. The summed E-state index contributed by atoms with van der Waals surface area (Å²) < 4.78 is 5.08. The number of nitrogens with zero attached hydrogens (tertiary/aromatic N) is 3. The number of amides is 2. The van der Waals surface area contributed by atoms with Gasteiger partial charge < -0.3 is 4.74 Å². The van der Waals surface area contributed by atoms with Crippen LogP contribution < -0.4 is 9.91 Å². The highest BCUT2D eigenvalue weighted by Gasteiger charge is 2.59. The molecular formula is C21H17Cl2N3O4. The van der Waals surface area contributed by atoms with Gasteiger partial charge in [-0.25, -0.2) is 14.7 Å². The number of benzene rings is 2. The number of halogens is 2. The van der Waals surface area contributed by atoms with E-state index in [4.69, 9.17) is 27.9 Å². The van der Waals surface area contributed by atoms with E-state index in [1.54, 1.807) is 56.3 Å². The molecule has 0 bridgehead atoms. The predicted molar refractivity (Wildman–Crippen MR) is 114 cm³/mol. The van der Waals surface area contributed by atoms with Crippen molar-refractivity contribution < 1.29 is 19.1 Å². The van der Waals surface area contributed by atoms with Crippen molar-refractivity contribution in [3.63, 3.8) is 0 Å². The van der Waals surface area contributed by atoms with Crippen LogP contribution in [-0.2, 0) is 19.1 Å². The van der Waals surface area contributed by atoms with Gasteiger partial charge in [-0.05, 0) is 43.7 Å². The number of carbonyl (C=O) groups is 3. The number of ether oxygens (including phenoxy) is 1. The predicted octanol–water partition coefficient (Wildman–Crippen LogP) is 3.60. The second-order valence-corrected chi connectivity index (χ2v) is 7.63. The van der Waals surface area contributed by atoms with Crippen molar-refractivity contribution in [1.29, 1.82) is 0 Å². The van der Waals surface area contributed by atoms with Gasteiger partial charge in [0.25, 0.3) is 5.91 Å². The van der Waals surface area contributed by atoms with Gasteiger partial charge in [0.2, 0.25) is 5.91 Å². The van der Waals surface area contributed by atoms with Crippen LogP contribution in [0.2, 0.25) is 10.0 Å². The molecule has 2 aliphatic rings. The molecule has 2 amide bonds. The number of carbonyl (C=O) groups excluding carboxylic acids is 3. The first-order valence-electron chi connectivity index (χ1n) is 9.29. The molecule has 0 saturated carbocycles. The van der Waals surface area contributed by atoms with Crippen molar-refractivity contribution >= 4 is 58.1 Å². The molecule has 0 spiro atoms. The SMILES string of the molecule is CCOC(=O)C1=NN(c2ccccc2Cl)[C@H]2C(=O)N(c3cccc(Cl)c3C)C(=O)[C@H]12. The van der Waals surface area contributed by atoms with E-state index in [-0.39, 0.29) is 12.3 Å². The topological polar surface area (TPSA) is 79.3 Å². The Hall–Kier alpha value is -2.90. The van der Waals surface area contributed by atoms with Gasteiger partial charge in [0, 0.05) is 5.02 Å². The summed E-state index contributed by atoms with van der Waals surface area (Å²) in [4.78, 5) is 40.4. The summed E-state index contributed by atoms with van der Waals surface area (Å²) in [6.45, 7) is 3.49. The van der Waals surface area contributed by atoms with Crippen LogP contribution in [0, 0.1) is 12.8 Å². The van der Waals surface area contributed by atoms with Gasteiger partial charge in [-0.3, -0.25) is 9.59 Å². The summed E-state index contributed by atoms with van der Waals surface area (Å²) in [5.74, 6) is -2.92. The van der Waals surface area contributed by atoms with Gasteiger partial charge in [0.05, 0.1) is 23.0 Å². The zero-order valence-electron chi connectivity index (χ0n) is 16.1. The average molecular weight is 446 g/mol. The van der Waals surface area contributed by atoms with Gasteiger partial charge in [0.1, 0.15) is 12.0 Å². The Balaban J connectivity index is 1.84. The maximum atomic E-state index is 13.4. The molecule has 0 aliphatic carbocycles. The maximum absolute atomic E-state index is 13.4. The molecule has 0 unspecified atom stereocenters. The fourth-order valence-corrected chi connectivity index (χ4v) is 4.09. The number of esters is 1. The van der Waals surface area contributed by atoms with Crippen LogP contribution in [-0.4, -0.2) is 36.1 Å². The van der Waals surface area contributed by atoms with E-state index in [1.165, 1.54) is 5.01 Å². The Morgan fingerprint density at radius 2 is 1.70 bits per heavy atom. The van der Waals surface area contributed by atoms with Crippen LogP contribution in [0.5, 0.6) is 0 Å². The number of hydrogen-bond acceptors (Lipinski definition) is 6. The van der Waals surface area contributed by atoms with Crippen LogP contribution in [0.4, 0.5) is 11.4 Å². The molecule has 2 atom stereocenters. The summed E-state index contributed by atoms with van der Waals surface area (Å²) in [6, 6.07) is 10.7. The van der Waals surface area contributed by atoms with E-state index in [0.717, 1.165) is 4.90 Å². The van der Waals surface area contributed by atoms with E-state index in [2.05, 4.69) is 5.10 Å². The van der Waals surface area contributed by atoms with E-state index in [9.17, 15) is 14.4 Å². The van der Waals surface area contributed by atoms with Gasteiger partial charge >= 0.3 is 5.97 Å². The second kappa shape index (κ2) is 7.74. The van der Waals surface area contributed by atoms with E-state index in [1.807, 2.05) is 0 Å². The van der Waals surface area contributed by atoms with Crippen molar-refractivity contribution in [3.05, 3.63) is 58.1 Å². The molecule has 2 aliphatic heterocycles. The quantitative estimate of drug-likeness (QED) is 0.530. The monoisotopic (exact) mass is 445 g/mol. The first-order chi connectivity index (χ1) is 14.4. The number of rotatable bonds is 4. The second-order valence-electron chi connectivity index (χ2n) is 6.82. The van der Waals surface area contributed by atoms with Crippen LogP contribution in [0.25, 0.3) is 0 Å². The molecule has 154 valence electrons. The Morgan fingerprint density at radius 3 is 2.40 bits per heavy atom. The Kier molecular flexibility index (Phi) is 5.26. The Bertz CT molecular complexity index is 1100. The van der Waals surface area contributed by atoms with Crippen LogP contribution in [0.15, 0.2) is 47.6 Å². The molecule has 1 saturated heterocycles. The third-order valence-corrected chi connectivity index (χ3v) is 5.84. The molecule has 30 heavy (non-hydrogen) atoms. The first kappa shape index (κ1) is 20.4. The maximum Gasteiger partial charge on any atom is 0.355 e. The highest BCUT2D eigenvalue weighted by atomic mass is 35.5. The third-order valence-electron chi connectivity index (χ3n) is 5.11. The molecular weight excluding hydrogens is 429 g/mol. The largest absolute Gasteiger partial charge is 0.461 e. The van der Waals surface area contributed by atoms with Gasteiger partial charge in [-0.1, -0.05) is 41.4 Å². The van der Waals surface area contributed by atoms with Crippen molar-refractivity contribution in [2.75, 3.05) is 16.5 Å². The number of fused-ring (bicyclic) bond motifs is 1. The summed E-state index contributed by atoms with van der Waals surface area (Å²) in [5.41, 5.74) is 1.25. The first-order valence-corrected chi connectivity index (χ1v) is 10.0. The molecule has 1 fully saturated rings. The van der Waals surface area contributed by atoms with Gasteiger partial charge in [-0.2, -0.15) is 5.10 Å². The van der Waals surface area contributed by atoms with E-state index < -0.39 is 29.7 Å². The molecule has 7 nitrogen and oxygen atoms in total. The Labute approximate surface area is 182 Å². The van der Waals surface area contributed by atoms with Crippen molar-refractivity contribution in [3.8, 4) is 0 Å². The highest BCUT2D eigenvalue weighted by molar-refractivity contribution is 6.47. The van der Waals surface area contributed by atoms with Crippen LogP contribution >= 0.6 is 23.2 Å². The average Bonchev–Trinajstić information content (AvgIpc) is 3.22. The lowest BCUT2D eigenvalue weighted by Gasteiger charge is -2.23. The third kappa shape index (κ3) is 3.05. The summed E-state index contributed by atoms with van der Waals surface area (Å²) in [5, 5.41) is 6.38. The standard InChI is InChI=1S/C21H17Cl2N3O4/c1-3-30-21(29)17-16-18(26(24-17)15-9-5-4-7-13(15)23)20(28)25(19(16)27)14-10-6-8-12(22)11(14)2/h4-10,16,18H,3H2,1-2H3/t16-,18-/m1/s1. The summed E-state index contributed by atoms with van der Waals surface area (Å²) >= 11 is 12.5. The lowest BCUT2D eigenvalue weighted by molar-refractivity contribution is -0.136. The normalized spacial score (nSPS) is 20.5. The summed E-state index contributed by atoms with van der Waals surface area (Å²) in [6.07, 6.45) is 0. The molecule has 2 aromatic carbocycles. The minimum atomic E-state index is -1.11. The number of hydrazone groups is 1. The summed E-state index contributed by atoms with van der Waals surface area (Å²) in [7, 11) is 0. The lowest BCUT2D eigenvalue weighted by atomic mass is 9.97. The van der Waals surface area contributed by atoms with Crippen molar-refractivity contribution in [2.45, 2.75) is 19.9 Å². The molecule has 2 heterocycles. The number of para-hydroxylation sites is 1. The van der Waals surface area contributed by atoms with Crippen molar-refractivity contribution in [2.24, 2.45) is 11.0 Å². The van der Waals surface area contributed by atoms with E-state index >= 15 is 0 Å². The lowest BCUT2D eigenvalue weighted by Crippen LogP contribution is -2.39. The molecule has 0 radical (unpaired) electrons. The fourth-order valence-electron chi connectivity index (χ4n) is 3.70. The highest BCUT2D eigenvalue weighted by Crippen LogP contribution is 2.41. The molecule has 9 heteroatoms. The van der Waals surface area contributed by atoms with E-state index in [0.29, 0.717) is 27.0 Å². The number of imide groups is 1. The number of hydrogen-bond donors (Lipinski definition) is 0. The minimum Gasteiger partial charge on any atom is -0.461 e. The smallest absolute Gasteiger partial charge is 0.355 e. The molecule has 0 N–H and O–H groups in total. The Morgan fingerprint density at radius 1 is 1.03 bits per heavy atom.